The SMILES string of the molecule is Cc1cscc1C(=O)Nc1nc2c(s1)CNCC2. The van der Waals surface area contributed by atoms with Crippen molar-refractivity contribution in [3.63, 3.8) is 0 Å². The van der Waals surface area contributed by atoms with Gasteiger partial charge in [-0.05, 0) is 17.9 Å². The van der Waals surface area contributed by atoms with Crippen molar-refractivity contribution in [2.75, 3.05) is 11.9 Å². The monoisotopic (exact) mass is 279 g/mol. The van der Waals surface area contributed by atoms with Gasteiger partial charge in [0.05, 0.1) is 11.3 Å². The van der Waals surface area contributed by atoms with Crippen LogP contribution >= 0.6 is 22.7 Å². The average molecular weight is 279 g/mol. The van der Waals surface area contributed by atoms with E-state index in [4.69, 9.17) is 0 Å². The molecule has 0 aliphatic carbocycles. The fourth-order valence-electron chi connectivity index (χ4n) is 1.94. The molecular weight excluding hydrogens is 266 g/mol. The first-order chi connectivity index (χ1) is 8.74. The number of nitrogens with one attached hydrogen (secondary N) is 2. The topological polar surface area (TPSA) is 54.0 Å². The van der Waals surface area contributed by atoms with E-state index >= 15 is 0 Å². The average Bonchev–Trinajstić information content (AvgIpc) is 2.94. The molecule has 2 N–H and O–H groups in total. The lowest BCUT2D eigenvalue weighted by Crippen LogP contribution is -2.22. The summed E-state index contributed by atoms with van der Waals surface area (Å²) in [6.07, 6.45) is 0.944. The van der Waals surface area contributed by atoms with Crippen molar-refractivity contribution in [2.45, 2.75) is 19.9 Å². The molecule has 4 nitrogen and oxygen atoms in total. The Bertz CT molecular complexity index is 564. The molecule has 6 heteroatoms. The lowest BCUT2D eigenvalue weighted by Gasteiger charge is -2.09. The summed E-state index contributed by atoms with van der Waals surface area (Å²) < 4.78 is 0. The van der Waals surface area contributed by atoms with Crippen molar-refractivity contribution >= 4 is 33.7 Å². The van der Waals surface area contributed by atoms with Gasteiger partial charge in [0, 0.05) is 29.8 Å². The van der Waals surface area contributed by atoms with Crippen molar-refractivity contribution in [3.05, 3.63) is 32.5 Å². The molecule has 0 bridgehead atoms. The Hall–Kier alpha value is -1.24. The van der Waals surface area contributed by atoms with Crippen LogP contribution in [-0.4, -0.2) is 17.4 Å². The first-order valence-electron chi connectivity index (χ1n) is 5.77. The molecule has 0 spiro atoms. The lowest BCUT2D eigenvalue weighted by molar-refractivity contribution is 0.102. The number of carbonyl (C=O) groups excluding carboxylic acids is 1. The minimum absolute atomic E-state index is 0.0622. The number of carbonyl (C=O) groups is 1. The summed E-state index contributed by atoms with van der Waals surface area (Å²) in [5, 5.41) is 10.8. The van der Waals surface area contributed by atoms with E-state index in [1.54, 1.807) is 22.7 Å². The van der Waals surface area contributed by atoms with Gasteiger partial charge >= 0.3 is 0 Å². The molecule has 0 radical (unpaired) electrons. The smallest absolute Gasteiger partial charge is 0.258 e. The normalized spacial score (nSPS) is 14.3. The van der Waals surface area contributed by atoms with Crippen LogP contribution in [0.25, 0.3) is 0 Å². The second-order valence-corrected chi connectivity index (χ2v) is 6.07. The van der Waals surface area contributed by atoms with Crippen LogP contribution in [0.5, 0.6) is 0 Å². The highest BCUT2D eigenvalue weighted by Crippen LogP contribution is 2.26. The molecule has 0 saturated carbocycles. The van der Waals surface area contributed by atoms with Gasteiger partial charge < -0.3 is 5.32 Å². The van der Waals surface area contributed by atoms with Crippen molar-refractivity contribution < 1.29 is 4.79 Å². The molecule has 0 unspecified atom stereocenters. The van der Waals surface area contributed by atoms with Crippen LogP contribution in [0.1, 0.15) is 26.5 Å². The molecule has 3 rings (SSSR count). The first kappa shape index (κ1) is 11.8. The van der Waals surface area contributed by atoms with Gasteiger partial charge in [0.2, 0.25) is 0 Å². The van der Waals surface area contributed by atoms with Crippen molar-refractivity contribution in [2.24, 2.45) is 0 Å². The van der Waals surface area contributed by atoms with Gasteiger partial charge in [0.25, 0.3) is 5.91 Å². The molecule has 1 aliphatic heterocycles. The Kier molecular flexibility index (Phi) is 3.15. The van der Waals surface area contributed by atoms with Gasteiger partial charge in [-0.2, -0.15) is 11.3 Å². The van der Waals surface area contributed by atoms with E-state index in [-0.39, 0.29) is 5.91 Å². The molecular formula is C12H13N3OS2. The maximum absolute atomic E-state index is 12.1. The van der Waals surface area contributed by atoms with E-state index in [0.29, 0.717) is 5.13 Å². The van der Waals surface area contributed by atoms with Gasteiger partial charge in [-0.1, -0.05) is 0 Å². The third-order valence-corrected chi connectivity index (χ3v) is 4.80. The number of hydrogen-bond acceptors (Lipinski definition) is 5. The molecule has 1 amide bonds. The largest absolute Gasteiger partial charge is 0.311 e. The molecule has 1 aliphatic rings. The summed E-state index contributed by atoms with van der Waals surface area (Å²) in [4.78, 5) is 17.8. The molecule has 2 aromatic rings. The van der Waals surface area contributed by atoms with Gasteiger partial charge in [-0.15, -0.1) is 11.3 Å². The summed E-state index contributed by atoms with van der Waals surface area (Å²) in [6.45, 7) is 3.77. The predicted octanol–water partition coefficient (Wildman–Crippen LogP) is 2.41. The zero-order valence-electron chi connectivity index (χ0n) is 9.95. The van der Waals surface area contributed by atoms with E-state index in [1.165, 1.54) is 4.88 Å². The summed E-state index contributed by atoms with van der Waals surface area (Å²) in [6, 6.07) is 0. The molecule has 0 atom stereocenters. The quantitative estimate of drug-likeness (QED) is 0.887. The lowest BCUT2D eigenvalue weighted by atomic mass is 10.2. The highest BCUT2D eigenvalue weighted by Gasteiger charge is 2.17. The van der Waals surface area contributed by atoms with E-state index in [1.807, 2.05) is 17.7 Å². The Morgan fingerprint density at radius 1 is 1.50 bits per heavy atom. The summed E-state index contributed by atoms with van der Waals surface area (Å²) in [5.41, 5.74) is 2.88. The van der Waals surface area contributed by atoms with Gasteiger partial charge in [-0.25, -0.2) is 4.98 Å². The van der Waals surface area contributed by atoms with Crippen LogP contribution in [0.4, 0.5) is 5.13 Å². The number of nitrogens with zero attached hydrogens (tertiary/aromatic N) is 1. The third kappa shape index (κ3) is 2.19. The van der Waals surface area contributed by atoms with Gasteiger partial charge in [0.15, 0.2) is 5.13 Å². The van der Waals surface area contributed by atoms with Crippen molar-refractivity contribution in [3.8, 4) is 0 Å². The maximum Gasteiger partial charge on any atom is 0.258 e. The van der Waals surface area contributed by atoms with Crippen LogP contribution in [0, 0.1) is 6.92 Å². The van der Waals surface area contributed by atoms with Gasteiger partial charge in [0.1, 0.15) is 0 Å². The number of hydrogen-bond donors (Lipinski definition) is 2. The molecule has 0 saturated heterocycles. The minimum Gasteiger partial charge on any atom is -0.311 e. The van der Waals surface area contributed by atoms with E-state index in [0.717, 1.165) is 36.3 Å². The number of aryl methyl sites for hydroxylation is 1. The van der Waals surface area contributed by atoms with Crippen molar-refractivity contribution in [1.82, 2.24) is 10.3 Å². The number of rotatable bonds is 2. The Morgan fingerprint density at radius 3 is 3.11 bits per heavy atom. The van der Waals surface area contributed by atoms with Crippen LogP contribution in [-0.2, 0) is 13.0 Å². The Labute approximate surface area is 113 Å². The molecule has 94 valence electrons. The van der Waals surface area contributed by atoms with Crippen LogP contribution in [0.2, 0.25) is 0 Å². The van der Waals surface area contributed by atoms with Crippen molar-refractivity contribution in [1.29, 1.82) is 0 Å². The fourth-order valence-corrected chi connectivity index (χ4v) is 3.74. The number of thiazole rings is 1. The Balaban J connectivity index is 1.79. The molecule has 18 heavy (non-hydrogen) atoms. The molecule has 0 fully saturated rings. The van der Waals surface area contributed by atoms with E-state index in [9.17, 15) is 4.79 Å². The second kappa shape index (κ2) is 4.79. The minimum atomic E-state index is -0.0622. The molecule has 3 heterocycles. The highest BCUT2D eigenvalue weighted by molar-refractivity contribution is 7.16. The zero-order chi connectivity index (χ0) is 12.5. The number of thiophene rings is 1. The Morgan fingerprint density at radius 2 is 2.39 bits per heavy atom. The van der Waals surface area contributed by atoms with Crippen LogP contribution in [0.15, 0.2) is 10.8 Å². The molecule has 2 aromatic heterocycles. The summed E-state index contributed by atoms with van der Waals surface area (Å²) >= 11 is 3.11. The number of anilines is 1. The van der Waals surface area contributed by atoms with E-state index in [2.05, 4.69) is 15.6 Å². The second-order valence-electron chi connectivity index (χ2n) is 4.24. The van der Waals surface area contributed by atoms with E-state index < -0.39 is 0 Å². The fraction of sp³-hybridized carbons (Fsp3) is 0.333. The van der Waals surface area contributed by atoms with Crippen LogP contribution < -0.4 is 10.6 Å². The first-order valence-corrected chi connectivity index (χ1v) is 7.53. The standard InChI is InChI=1S/C12H13N3OS2/c1-7-5-17-6-8(7)11(16)15-12-14-9-2-3-13-4-10(9)18-12/h5-6,13H,2-4H2,1H3,(H,14,15,16). The number of amides is 1. The van der Waals surface area contributed by atoms with Gasteiger partial charge in [-0.3, -0.25) is 10.1 Å². The highest BCUT2D eigenvalue weighted by atomic mass is 32.1. The van der Waals surface area contributed by atoms with Crippen LogP contribution in [0.3, 0.4) is 0 Å². The zero-order valence-corrected chi connectivity index (χ0v) is 11.6. The maximum atomic E-state index is 12.1. The predicted molar refractivity (Wildman–Crippen MR) is 74.5 cm³/mol. The number of fused-ring (bicyclic) bond motifs is 1. The number of aromatic nitrogens is 1. The molecule has 0 aromatic carbocycles. The summed E-state index contributed by atoms with van der Waals surface area (Å²) in [7, 11) is 0. The third-order valence-electron chi connectivity index (χ3n) is 2.92. The summed E-state index contributed by atoms with van der Waals surface area (Å²) in [5.74, 6) is -0.0622.